The number of nitrogens with one attached hydrogen (secondary N) is 2. The van der Waals surface area contributed by atoms with Gasteiger partial charge >= 0.3 is 0 Å². The largest absolute Gasteiger partial charge is 0.468 e. The fourth-order valence-corrected chi connectivity index (χ4v) is 3.41. The van der Waals surface area contributed by atoms with E-state index in [1.165, 1.54) is 30.5 Å². The van der Waals surface area contributed by atoms with Gasteiger partial charge < -0.3 is 9.73 Å². The number of benzene rings is 1. The molecule has 6 nitrogen and oxygen atoms in total. The first-order valence-electron chi connectivity index (χ1n) is 7.50. The molecule has 0 unspecified atom stereocenters. The van der Waals surface area contributed by atoms with Gasteiger partial charge in [-0.05, 0) is 42.8 Å². The van der Waals surface area contributed by atoms with Gasteiger partial charge in [0.1, 0.15) is 5.76 Å². The van der Waals surface area contributed by atoms with Crippen molar-refractivity contribution >= 4 is 27.5 Å². The Hall–Kier alpha value is -1.83. The zero-order valence-electron chi connectivity index (χ0n) is 13.2. The summed E-state index contributed by atoms with van der Waals surface area (Å²) in [6.45, 7) is 2.47. The van der Waals surface area contributed by atoms with Crippen molar-refractivity contribution in [2.24, 2.45) is 0 Å². The lowest BCUT2D eigenvalue weighted by Gasteiger charge is -2.16. The Morgan fingerprint density at radius 2 is 1.96 bits per heavy atom. The maximum atomic E-state index is 12.5. The van der Waals surface area contributed by atoms with Crippen LogP contribution in [0.2, 0.25) is 5.02 Å². The third-order valence-electron chi connectivity index (χ3n) is 3.27. The normalized spacial score (nSPS) is 12.8. The molecule has 2 N–H and O–H groups in total. The fraction of sp³-hybridized carbons (Fsp3) is 0.312. The molecule has 1 aromatic carbocycles. The van der Waals surface area contributed by atoms with E-state index in [1.54, 1.807) is 12.1 Å². The highest BCUT2D eigenvalue weighted by molar-refractivity contribution is 7.89. The molecule has 1 aromatic heterocycles. The Labute approximate surface area is 146 Å². The summed E-state index contributed by atoms with van der Waals surface area (Å²) < 4.78 is 32.8. The Morgan fingerprint density at radius 1 is 1.25 bits per heavy atom. The van der Waals surface area contributed by atoms with Crippen LogP contribution in [0.1, 0.15) is 31.6 Å². The van der Waals surface area contributed by atoms with E-state index in [9.17, 15) is 13.2 Å². The molecule has 0 fully saturated rings. The van der Waals surface area contributed by atoms with Crippen LogP contribution < -0.4 is 10.0 Å². The maximum absolute atomic E-state index is 12.5. The first-order valence-corrected chi connectivity index (χ1v) is 9.36. The number of amides is 1. The Balaban J connectivity index is 2.18. The highest BCUT2D eigenvalue weighted by Gasteiger charge is 2.25. The van der Waals surface area contributed by atoms with Crippen molar-refractivity contribution in [1.29, 1.82) is 0 Å². The highest BCUT2D eigenvalue weighted by atomic mass is 35.5. The van der Waals surface area contributed by atoms with Gasteiger partial charge in [0, 0.05) is 11.6 Å². The minimum absolute atomic E-state index is 0.0552. The first kappa shape index (κ1) is 18.5. The zero-order valence-corrected chi connectivity index (χ0v) is 14.7. The number of hydrogen-bond donors (Lipinski definition) is 2. The highest BCUT2D eigenvalue weighted by Crippen LogP contribution is 2.22. The van der Waals surface area contributed by atoms with Gasteiger partial charge in [-0.2, -0.15) is 4.72 Å². The standard InChI is InChI=1S/C16H19ClN2O4S/c1-2-9-18-16(20)11-14(15-4-3-10-23-15)19-24(21,22)13-7-5-12(17)6-8-13/h3-8,10,14,19H,2,9,11H2,1H3,(H,18,20)/t14-/m1/s1. The number of rotatable bonds is 8. The Bertz CT molecular complexity index is 758. The zero-order chi connectivity index (χ0) is 17.6. The predicted octanol–water partition coefficient (Wildman–Crippen LogP) is 2.87. The van der Waals surface area contributed by atoms with Crippen LogP contribution in [0.25, 0.3) is 0 Å². The lowest BCUT2D eigenvalue weighted by atomic mass is 10.1. The van der Waals surface area contributed by atoms with Crippen molar-refractivity contribution < 1.29 is 17.6 Å². The van der Waals surface area contributed by atoms with Crippen molar-refractivity contribution in [3.8, 4) is 0 Å². The van der Waals surface area contributed by atoms with Gasteiger partial charge in [0.2, 0.25) is 15.9 Å². The molecule has 0 aliphatic carbocycles. The van der Waals surface area contributed by atoms with Gasteiger partial charge in [0.25, 0.3) is 0 Å². The van der Waals surface area contributed by atoms with E-state index in [0.717, 1.165) is 6.42 Å². The number of carbonyl (C=O) groups is 1. The molecular formula is C16H19ClN2O4S. The summed E-state index contributed by atoms with van der Waals surface area (Å²) in [6.07, 6.45) is 2.18. The van der Waals surface area contributed by atoms with E-state index >= 15 is 0 Å². The molecule has 0 bridgehead atoms. The van der Waals surface area contributed by atoms with Crippen molar-refractivity contribution in [2.45, 2.75) is 30.7 Å². The van der Waals surface area contributed by atoms with Crippen LogP contribution in [-0.4, -0.2) is 20.9 Å². The van der Waals surface area contributed by atoms with E-state index in [1.807, 2.05) is 6.92 Å². The van der Waals surface area contributed by atoms with Crippen LogP contribution in [0.3, 0.4) is 0 Å². The second-order valence-corrected chi connectivity index (χ2v) is 7.35. The molecule has 1 atom stereocenters. The predicted molar refractivity (Wildman–Crippen MR) is 91.1 cm³/mol. The lowest BCUT2D eigenvalue weighted by molar-refractivity contribution is -0.121. The molecule has 0 spiro atoms. The average Bonchev–Trinajstić information content (AvgIpc) is 3.07. The van der Waals surface area contributed by atoms with Gasteiger partial charge in [-0.1, -0.05) is 18.5 Å². The molecule has 0 aliphatic rings. The molecule has 1 amide bonds. The molecule has 0 aliphatic heterocycles. The van der Waals surface area contributed by atoms with E-state index in [2.05, 4.69) is 10.0 Å². The smallest absolute Gasteiger partial charge is 0.241 e. The van der Waals surface area contributed by atoms with Crippen LogP contribution >= 0.6 is 11.6 Å². The van der Waals surface area contributed by atoms with Crippen LogP contribution in [0.15, 0.2) is 52.0 Å². The summed E-state index contributed by atoms with van der Waals surface area (Å²) in [5.74, 6) is 0.122. The van der Waals surface area contributed by atoms with Crippen molar-refractivity contribution in [3.05, 3.63) is 53.4 Å². The molecule has 130 valence electrons. The van der Waals surface area contributed by atoms with Gasteiger partial charge in [0.05, 0.1) is 23.6 Å². The van der Waals surface area contributed by atoms with Crippen LogP contribution in [0.5, 0.6) is 0 Å². The number of halogens is 1. The van der Waals surface area contributed by atoms with Gasteiger partial charge in [-0.3, -0.25) is 4.79 Å². The van der Waals surface area contributed by atoms with Crippen molar-refractivity contribution in [2.75, 3.05) is 6.54 Å². The van der Waals surface area contributed by atoms with Crippen LogP contribution in [0.4, 0.5) is 0 Å². The monoisotopic (exact) mass is 370 g/mol. The molecule has 2 aromatic rings. The third-order valence-corrected chi connectivity index (χ3v) is 5.01. The first-order chi connectivity index (χ1) is 11.4. The minimum atomic E-state index is -3.82. The Kier molecular flexibility index (Phi) is 6.42. The van der Waals surface area contributed by atoms with E-state index in [-0.39, 0.29) is 17.2 Å². The SMILES string of the molecule is CCCNC(=O)C[C@@H](NS(=O)(=O)c1ccc(Cl)cc1)c1ccco1. The maximum Gasteiger partial charge on any atom is 0.241 e. The van der Waals surface area contributed by atoms with E-state index in [0.29, 0.717) is 17.3 Å². The van der Waals surface area contributed by atoms with Crippen LogP contribution in [0, 0.1) is 0 Å². The fourth-order valence-electron chi connectivity index (χ4n) is 2.08. The minimum Gasteiger partial charge on any atom is -0.468 e. The van der Waals surface area contributed by atoms with Crippen molar-refractivity contribution in [1.82, 2.24) is 10.0 Å². The average molecular weight is 371 g/mol. The third kappa shape index (κ3) is 5.09. The number of furan rings is 1. The van der Waals surface area contributed by atoms with Gasteiger partial charge in [-0.15, -0.1) is 0 Å². The van der Waals surface area contributed by atoms with Gasteiger partial charge in [0.15, 0.2) is 0 Å². The topological polar surface area (TPSA) is 88.4 Å². The summed E-state index contributed by atoms with van der Waals surface area (Å²) in [6, 6.07) is 8.27. The second kappa shape index (κ2) is 8.32. The molecule has 0 saturated carbocycles. The number of carbonyl (C=O) groups excluding carboxylic acids is 1. The number of hydrogen-bond acceptors (Lipinski definition) is 4. The molecule has 24 heavy (non-hydrogen) atoms. The van der Waals surface area contributed by atoms with E-state index in [4.69, 9.17) is 16.0 Å². The molecule has 8 heteroatoms. The molecule has 0 radical (unpaired) electrons. The summed E-state index contributed by atoms with van der Waals surface area (Å²) in [7, 11) is -3.82. The van der Waals surface area contributed by atoms with Crippen molar-refractivity contribution in [3.63, 3.8) is 0 Å². The molecule has 1 heterocycles. The molecular weight excluding hydrogens is 352 g/mol. The van der Waals surface area contributed by atoms with Gasteiger partial charge in [-0.25, -0.2) is 8.42 Å². The summed E-state index contributed by atoms with van der Waals surface area (Å²) >= 11 is 5.78. The van der Waals surface area contributed by atoms with Crippen LogP contribution in [-0.2, 0) is 14.8 Å². The molecule has 2 rings (SSSR count). The molecule has 0 saturated heterocycles. The summed E-state index contributed by atoms with van der Waals surface area (Å²) in [5, 5.41) is 3.17. The summed E-state index contributed by atoms with van der Waals surface area (Å²) in [5.41, 5.74) is 0. The number of sulfonamides is 1. The second-order valence-electron chi connectivity index (χ2n) is 5.20. The Morgan fingerprint density at radius 3 is 2.54 bits per heavy atom. The van der Waals surface area contributed by atoms with E-state index < -0.39 is 16.1 Å². The quantitative estimate of drug-likeness (QED) is 0.747. The summed E-state index contributed by atoms with van der Waals surface area (Å²) in [4.78, 5) is 12.0. The lowest BCUT2D eigenvalue weighted by Crippen LogP contribution is -2.33.